The summed E-state index contributed by atoms with van der Waals surface area (Å²) >= 11 is 0. The van der Waals surface area contributed by atoms with Gasteiger partial charge < -0.3 is 9.97 Å². The number of aromatic nitrogens is 4. The van der Waals surface area contributed by atoms with Crippen LogP contribution in [-0.4, -0.2) is 29.8 Å². The summed E-state index contributed by atoms with van der Waals surface area (Å²) in [4.78, 5) is 42.2. The molecule has 3 aromatic heterocycles. The maximum Gasteiger partial charge on any atom is 0.297 e. The van der Waals surface area contributed by atoms with Gasteiger partial charge in [-0.25, -0.2) is 9.97 Å². The average molecular weight is 705 g/mol. The smallest absolute Gasteiger partial charge is 0.297 e. The molecular weight excluding hydrogens is 677 g/mol. The Morgan fingerprint density at radius 1 is 0.463 bits per heavy atom. The summed E-state index contributed by atoms with van der Waals surface area (Å²) in [6.07, 6.45) is 5.24. The molecule has 0 saturated heterocycles. The molecule has 258 valence electrons. The van der Waals surface area contributed by atoms with E-state index in [2.05, 4.69) is 9.97 Å². The molecule has 8 bridgehead atoms. The Kier molecular flexibility index (Phi) is 7.82. The van der Waals surface area contributed by atoms with Crippen molar-refractivity contribution in [3.63, 3.8) is 0 Å². The van der Waals surface area contributed by atoms with Crippen LogP contribution in [0.4, 0.5) is 5.69 Å². The van der Waals surface area contributed by atoms with Crippen molar-refractivity contribution in [3.05, 3.63) is 183 Å². The summed E-state index contributed by atoms with van der Waals surface area (Å²) in [7, 11) is 0. The molecular formula is C44H28N6O4. The summed E-state index contributed by atoms with van der Waals surface area (Å²) in [5, 5.41) is 25.9. The predicted octanol–water partition coefficient (Wildman–Crippen LogP) is 10.8. The van der Waals surface area contributed by atoms with Gasteiger partial charge in [-0.3, -0.25) is 20.2 Å². The number of nitrogens with zero attached hydrogens (tertiary/aromatic N) is 4. The van der Waals surface area contributed by atoms with Gasteiger partial charge in [-0.05, 0) is 46.5 Å². The normalized spacial score (nSPS) is 12.0. The van der Waals surface area contributed by atoms with E-state index < -0.39 is 9.85 Å². The van der Waals surface area contributed by atoms with Crippen LogP contribution >= 0.6 is 0 Å². The Hall–Kier alpha value is -7.72. The second-order valence-electron chi connectivity index (χ2n) is 12.8. The highest BCUT2D eigenvalue weighted by molar-refractivity contribution is 6.02. The quantitative estimate of drug-likeness (QED) is 0.130. The van der Waals surface area contributed by atoms with Crippen LogP contribution in [0, 0.1) is 20.2 Å². The van der Waals surface area contributed by atoms with Crippen LogP contribution in [0.15, 0.2) is 140 Å². The topological polar surface area (TPSA) is 144 Å². The van der Waals surface area contributed by atoms with Crippen LogP contribution in [0.25, 0.3) is 90.5 Å². The van der Waals surface area contributed by atoms with Crippen molar-refractivity contribution in [3.8, 4) is 44.5 Å². The van der Waals surface area contributed by atoms with E-state index in [1.54, 1.807) is 0 Å². The number of H-pyrrole nitrogens is 2. The van der Waals surface area contributed by atoms with Crippen LogP contribution in [0.3, 0.4) is 0 Å². The van der Waals surface area contributed by atoms with Gasteiger partial charge in [-0.2, -0.15) is 0 Å². The number of hydrogen-bond donors (Lipinski definition) is 2. The lowest BCUT2D eigenvalue weighted by atomic mass is 10.0. The number of nitrogens with one attached hydrogen (secondary N) is 2. The standard InChI is InChI=1S/C44H28N6O4/c51-49(52)37-25-35-40(28-15-7-2-8-16-28)36-26-38(50(53)54)44(48-36)42(30-19-11-4-12-20-30)34-24-22-32(46-34)39(27-13-5-1-6-14-27)31-21-23-33(45-31)41(43(37)47-35)29-17-9-3-10-18-29/h1-26,45,48H. The Morgan fingerprint density at radius 2 is 0.926 bits per heavy atom. The second kappa shape index (κ2) is 13.1. The first-order chi connectivity index (χ1) is 26.4. The number of rotatable bonds is 6. The molecule has 0 radical (unpaired) electrons. The lowest BCUT2D eigenvalue weighted by Gasteiger charge is -2.06. The van der Waals surface area contributed by atoms with E-state index in [0.717, 1.165) is 27.8 Å². The van der Waals surface area contributed by atoms with Crippen molar-refractivity contribution in [2.24, 2.45) is 0 Å². The average Bonchev–Trinajstić information content (AvgIpc) is 4.03. The van der Waals surface area contributed by atoms with Crippen molar-refractivity contribution >= 4 is 51.7 Å². The molecule has 2 aliphatic rings. The van der Waals surface area contributed by atoms with Crippen LogP contribution in [0.5, 0.6) is 0 Å². The van der Waals surface area contributed by atoms with E-state index in [9.17, 15) is 20.2 Å². The summed E-state index contributed by atoms with van der Waals surface area (Å²) in [6.45, 7) is 0. The number of nitro groups is 2. The molecule has 10 nitrogen and oxygen atoms in total. The summed E-state index contributed by atoms with van der Waals surface area (Å²) in [5.74, 6) is 0. The molecule has 0 atom stereocenters. The Labute approximate surface area is 307 Å². The summed E-state index contributed by atoms with van der Waals surface area (Å²) in [6, 6.07) is 43.2. The number of hydrogen-bond acceptors (Lipinski definition) is 6. The highest BCUT2D eigenvalue weighted by Crippen LogP contribution is 2.42. The van der Waals surface area contributed by atoms with Crippen LogP contribution < -0.4 is 0 Å². The van der Waals surface area contributed by atoms with E-state index in [1.165, 1.54) is 12.1 Å². The number of aromatic amines is 2. The van der Waals surface area contributed by atoms with Crippen LogP contribution in [0.1, 0.15) is 22.8 Å². The van der Waals surface area contributed by atoms with E-state index in [0.29, 0.717) is 44.7 Å². The molecule has 10 heteroatoms. The third-order valence-corrected chi connectivity index (χ3v) is 9.58. The van der Waals surface area contributed by atoms with E-state index in [-0.39, 0.29) is 28.3 Å². The number of fused-ring (bicyclic) bond motifs is 8. The highest BCUT2D eigenvalue weighted by atomic mass is 16.6. The van der Waals surface area contributed by atoms with Gasteiger partial charge in [0.25, 0.3) is 11.4 Å². The Morgan fingerprint density at radius 3 is 1.44 bits per heavy atom. The first-order valence-electron chi connectivity index (χ1n) is 17.2. The molecule has 0 saturated carbocycles. The first-order valence-corrected chi connectivity index (χ1v) is 17.2. The molecule has 54 heavy (non-hydrogen) atoms. The minimum Gasteiger partial charge on any atom is -0.354 e. The van der Waals surface area contributed by atoms with Gasteiger partial charge in [0.2, 0.25) is 0 Å². The zero-order valence-electron chi connectivity index (χ0n) is 28.4. The SMILES string of the molecule is O=[N+]([O-])C1=Cc2nc1c(-c1ccccc1)c1ccc([nH]1)c(-c1ccccc1)c1nc(c(-c3ccccc3)c3[nH]c(cc3[N+](=O)[O-])c2-c2ccccc2)C=C1. The lowest BCUT2D eigenvalue weighted by Crippen LogP contribution is -1.98. The molecule has 0 aliphatic carbocycles. The zero-order valence-corrected chi connectivity index (χ0v) is 28.4. The molecule has 4 aromatic carbocycles. The molecule has 0 spiro atoms. The van der Waals surface area contributed by atoms with Crippen molar-refractivity contribution in [2.75, 3.05) is 0 Å². The fraction of sp³-hybridized carbons (Fsp3) is 0. The molecule has 0 fully saturated rings. The summed E-state index contributed by atoms with van der Waals surface area (Å²) < 4.78 is 0. The van der Waals surface area contributed by atoms with Gasteiger partial charge >= 0.3 is 0 Å². The van der Waals surface area contributed by atoms with E-state index in [1.807, 2.05) is 146 Å². The van der Waals surface area contributed by atoms with Gasteiger partial charge in [-0.1, -0.05) is 121 Å². The highest BCUT2D eigenvalue weighted by Gasteiger charge is 2.30. The van der Waals surface area contributed by atoms with Gasteiger partial charge in [-0.15, -0.1) is 0 Å². The van der Waals surface area contributed by atoms with Gasteiger partial charge in [0.15, 0.2) is 5.69 Å². The minimum absolute atomic E-state index is 0.155. The molecule has 0 unspecified atom stereocenters. The van der Waals surface area contributed by atoms with Gasteiger partial charge in [0.05, 0.1) is 32.4 Å². The van der Waals surface area contributed by atoms with Crippen molar-refractivity contribution in [1.29, 1.82) is 0 Å². The summed E-state index contributed by atoms with van der Waals surface area (Å²) in [5.41, 5.74) is 8.47. The van der Waals surface area contributed by atoms with Crippen LogP contribution in [0.2, 0.25) is 0 Å². The first kappa shape index (κ1) is 32.2. The molecule has 2 N–H and O–H groups in total. The minimum atomic E-state index is -0.435. The zero-order chi connectivity index (χ0) is 36.8. The number of benzene rings is 4. The molecule has 0 amide bonds. The van der Waals surface area contributed by atoms with Gasteiger partial charge in [0, 0.05) is 45.4 Å². The Balaban J connectivity index is 1.56. The second-order valence-corrected chi connectivity index (χ2v) is 12.8. The van der Waals surface area contributed by atoms with Gasteiger partial charge in [0.1, 0.15) is 5.52 Å². The fourth-order valence-corrected chi connectivity index (χ4v) is 7.24. The third kappa shape index (κ3) is 5.55. The van der Waals surface area contributed by atoms with Crippen molar-refractivity contribution in [2.45, 2.75) is 0 Å². The molecule has 9 rings (SSSR count). The largest absolute Gasteiger partial charge is 0.354 e. The van der Waals surface area contributed by atoms with Crippen LogP contribution in [-0.2, 0) is 0 Å². The molecule has 5 heterocycles. The fourth-order valence-electron chi connectivity index (χ4n) is 7.24. The monoisotopic (exact) mass is 704 g/mol. The lowest BCUT2D eigenvalue weighted by molar-refractivity contribution is -0.382. The van der Waals surface area contributed by atoms with E-state index in [4.69, 9.17) is 9.97 Å². The maximum absolute atomic E-state index is 12.9. The molecule has 7 aromatic rings. The molecule has 2 aliphatic heterocycles. The third-order valence-electron chi connectivity index (χ3n) is 9.58. The van der Waals surface area contributed by atoms with Crippen molar-refractivity contribution < 1.29 is 9.85 Å². The maximum atomic E-state index is 12.9. The van der Waals surface area contributed by atoms with E-state index >= 15 is 0 Å². The Bertz CT molecular complexity index is 2860. The van der Waals surface area contributed by atoms with Crippen molar-refractivity contribution in [1.82, 2.24) is 19.9 Å². The predicted molar refractivity (Wildman–Crippen MR) is 213 cm³/mol.